The Balaban J connectivity index is 2.37. The smallest absolute Gasteiger partial charge is 0.337 e. The lowest BCUT2D eigenvalue weighted by Crippen LogP contribution is -2.15. The second-order valence-electron chi connectivity index (χ2n) is 3.94. The van der Waals surface area contributed by atoms with Crippen LogP contribution in [-0.4, -0.2) is 22.0 Å². The quantitative estimate of drug-likeness (QED) is 0.710. The molecule has 0 fully saturated rings. The Morgan fingerprint density at radius 1 is 1.24 bits per heavy atom. The number of hydrogen-bond acceptors (Lipinski definition) is 3. The molecule has 0 spiro atoms. The highest BCUT2D eigenvalue weighted by atomic mass is 79.9. The van der Waals surface area contributed by atoms with Crippen molar-refractivity contribution in [3.8, 4) is 0 Å². The maximum atomic E-state index is 12.1. The zero-order valence-corrected chi connectivity index (χ0v) is 14.2. The highest BCUT2D eigenvalue weighted by Crippen LogP contribution is 2.31. The van der Waals surface area contributed by atoms with Crippen molar-refractivity contribution < 1.29 is 14.7 Å². The van der Waals surface area contributed by atoms with Gasteiger partial charge in [-0.05, 0) is 40.2 Å². The van der Waals surface area contributed by atoms with Crippen LogP contribution in [0.2, 0.25) is 5.15 Å². The summed E-state index contributed by atoms with van der Waals surface area (Å²) in [4.78, 5) is 27.2. The summed E-state index contributed by atoms with van der Waals surface area (Å²) < 4.78 is 1.03. The topological polar surface area (TPSA) is 79.3 Å². The number of anilines is 1. The van der Waals surface area contributed by atoms with E-state index >= 15 is 0 Å². The summed E-state index contributed by atoms with van der Waals surface area (Å²) in [6.07, 6.45) is 1.31. The fourth-order valence-electron chi connectivity index (χ4n) is 1.57. The number of pyridine rings is 1. The Morgan fingerprint density at radius 2 is 1.95 bits per heavy atom. The van der Waals surface area contributed by atoms with Crippen molar-refractivity contribution in [3.05, 3.63) is 55.7 Å². The number of benzene rings is 1. The lowest BCUT2D eigenvalue weighted by molar-refractivity contribution is 0.0698. The molecule has 0 aliphatic rings. The first-order valence-corrected chi connectivity index (χ1v) is 7.50. The third-order valence-corrected chi connectivity index (χ3v) is 3.82. The van der Waals surface area contributed by atoms with Crippen molar-refractivity contribution in [3.63, 3.8) is 0 Å². The third kappa shape index (κ3) is 3.81. The summed E-state index contributed by atoms with van der Waals surface area (Å²) in [5.41, 5.74) is 0.405. The van der Waals surface area contributed by atoms with E-state index in [4.69, 9.17) is 11.6 Å². The minimum atomic E-state index is -1.15. The van der Waals surface area contributed by atoms with Crippen molar-refractivity contribution in [2.45, 2.75) is 0 Å². The van der Waals surface area contributed by atoms with E-state index in [0.717, 1.165) is 0 Å². The number of carboxylic acids is 1. The second-order valence-corrected chi connectivity index (χ2v) is 6.10. The number of amides is 1. The lowest BCUT2D eigenvalue weighted by atomic mass is 10.1. The lowest BCUT2D eigenvalue weighted by Gasteiger charge is -2.11. The van der Waals surface area contributed by atoms with Crippen LogP contribution in [0.25, 0.3) is 0 Å². The van der Waals surface area contributed by atoms with Crippen molar-refractivity contribution in [2.24, 2.45) is 0 Å². The molecule has 0 unspecified atom stereocenters. The number of rotatable bonds is 3. The first-order valence-electron chi connectivity index (χ1n) is 5.53. The standard InChI is InChI=1S/C13H7Br2ClN2O3/c14-7-3-8(13(20)21)11(9(15)4-7)18-12(19)6-1-2-10(16)17-5-6/h1-5H,(H,18,19)(H,20,21). The Kier molecular flexibility index (Phi) is 4.97. The van der Waals surface area contributed by atoms with Crippen LogP contribution in [0, 0.1) is 0 Å². The Labute approximate surface area is 141 Å². The number of carbonyl (C=O) groups is 2. The molecule has 0 atom stereocenters. The number of nitrogens with zero attached hydrogens (tertiary/aromatic N) is 1. The Morgan fingerprint density at radius 3 is 2.52 bits per heavy atom. The van der Waals surface area contributed by atoms with E-state index in [1.165, 1.54) is 24.4 Å². The summed E-state index contributed by atoms with van der Waals surface area (Å²) in [7, 11) is 0. The van der Waals surface area contributed by atoms with E-state index in [-0.39, 0.29) is 22.0 Å². The minimum absolute atomic E-state index is 0.0356. The average Bonchev–Trinajstić information content (AvgIpc) is 2.41. The number of carboxylic acid groups (broad SMARTS) is 1. The van der Waals surface area contributed by atoms with E-state index in [2.05, 4.69) is 42.2 Å². The van der Waals surface area contributed by atoms with Crippen LogP contribution in [0.4, 0.5) is 5.69 Å². The van der Waals surface area contributed by atoms with Gasteiger partial charge in [-0.1, -0.05) is 27.5 Å². The molecule has 0 aliphatic carbocycles. The van der Waals surface area contributed by atoms with Crippen molar-refractivity contribution in [1.82, 2.24) is 4.98 Å². The summed E-state index contributed by atoms with van der Waals surface area (Å²) in [5.74, 6) is -1.63. The molecule has 1 heterocycles. The maximum Gasteiger partial charge on any atom is 0.337 e. The SMILES string of the molecule is O=C(Nc1c(Br)cc(Br)cc1C(=O)O)c1ccc(Cl)nc1. The summed E-state index contributed by atoms with van der Waals surface area (Å²) in [6.45, 7) is 0. The zero-order valence-electron chi connectivity index (χ0n) is 10.2. The predicted octanol–water partition coefficient (Wildman–Crippen LogP) is 4.21. The molecule has 2 rings (SSSR count). The molecule has 21 heavy (non-hydrogen) atoms. The third-order valence-electron chi connectivity index (χ3n) is 2.51. The van der Waals surface area contributed by atoms with E-state index in [9.17, 15) is 14.7 Å². The van der Waals surface area contributed by atoms with Gasteiger partial charge in [0.25, 0.3) is 5.91 Å². The number of nitrogens with one attached hydrogen (secondary N) is 1. The summed E-state index contributed by atoms with van der Waals surface area (Å²) in [5, 5.41) is 12.0. The molecule has 0 saturated heterocycles. The number of aromatic nitrogens is 1. The van der Waals surface area contributed by atoms with E-state index in [1.54, 1.807) is 6.07 Å². The van der Waals surface area contributed by atoms with Gasteiger partial charge in [-0.15, -0.1) is 0 Å². The monoisotopic (exact) mass is 432 g/mol. The molecule has 2 N–H and O–H groups in total. The van der Waals surface area contributed by atoms with Gasteiger partial charge < -0.3 is 10.4 Å². The number of hydrogen-bond donors (Lipinski definition) is 2. The van der Waals surface area contributed by atoms with Gasteiger partial charge in [0, 0.05) is 15.1 Å². The largest absolute Gasteiger partial charge is 0.478 e. The Bertz CT molecular complexity index is 720. The molecule has 108 valence electrons. The van der Waals surface area contributed by atoms with Crippen LogP contribution >= 0.6 is 43.5 Å². The average molecular weight is 434 g/mol. The van der Waals surface area contributed by atoms with Crippen LogP contribution in [0.1, 0.15) is 20.7 Å². The van der Waals surface area contributed by atoms with Crippen molar-refractivity contribution >= 4 is 61.0 Å². The van der Waals surface area contributed by atoms with Gasteiger partial charge >= 0.3 is 5.97 Å². The molecule has 0 radical (unpaired) electrons. The van der Waals surface area contributed by atoms with Gasteiger partial charge in [-0.3, -0.25) is 4.79 Å². The fraction of sp³-hybridized carbons (Fsp3) is 0. The van der Waals surface area contributed by atoms with E-state index in [0.29, 0.717) is 8.95 Å². The molecule has 1 aromatic heterocycles. The van der Waals surface area contributed by atoms with Crippen LogP contribution < -0.4 is 5.32 Å². The highest BCUT2D eigenvalue weighted by Gasteiger charge is 2.17. The van der Waals surface area contributed by atoms with Gasteiger partial charge in [0.15, 0.2) is 0 Å². The molecule has 5 nitrogen and oxygen atoms in total. The molecule has 8 heteroatoms. The molecule has 0 aliphatic heterocycles. The van der Waals surface area contributed by atoms with Crippen molar-refractivity contribution in [1.29, 1.82) is 0 Å². The first kappa shape index (κ1) is 15.9. The van der Waals surface area contributed by atoms with Gasteiger partial charge in [0.1, 0.15) is 5.15 Å². The van der Waals surface area contributed by atoms with Crippen LogP contribution in [-0.2, 0) is 0 Å². The van der Waals surface area contributed by atoms with E-state index in [1.807, 2.05) is 0 Å². The first-order chi connectivity index (χ1) is 9.88. The molecule has 1 amide bonds. The molecule has 0 bridgehead atoms. The number of aromatic carboxylic acids is 1. The highest BCUT2D eigenvalue weighted by molar-refractivity contribution is 9.11. The van der Waals surface area contributed by atoms with Crippen molar-refractivity contribution in [2.75, 3.05) is 5.32 Å². The van der Waals surface area contributed by atoms with Crippen LogP contribution in [0.5, 0.6) is 0 Å². The van der Waals surface area contributed by atoms with Crippen LogP contribution in [0.15, 0.2) is 39.4 Å². The minimum Gasteiger partial charge on any atom is -0.478 e. The number of halogens is 3. The molecule has 1 aromatic carbocycles. The van der Waals surface area contributed by atoms with Gasteiger partial charge in [-0.25, -0.2) is 9.78 Å². The molecular formula is C13H7Br2ClN2O3. The molecule has 0 saturated carbocycles. The van der Waals surface area contributed by atoms with Gasteiger partial charge in [0.05, 0.1) is 16.8 Å². The summed E-state index contributed by atoms with van der Waals surface area (Å²) >= 11 is 12.1. The summed E-state index contributed by atoms with van der Waals surface area (Å²) in [6, 6.07) is 6.02. The predicted molar refractivity (Wildman–Crippen MR) is 86.0 cm³/mol. The second kappa shape index (κ2) is 6.55. The Hall–Kier alpha value is -1.44. The van der Waals surface area contributed by atoms with E-state index < -0.39 is 11.9 Å². The van der Waals surface area contributed by atoms with Gasteiger partial charge in [-0.2, -0.15) is 0 Å². The maximum absolute atomic E-state index is 12.1. The molecule has 2 aromatic rings. The molecular weight excluding hydrogens is 427 g/mol. The number of carbonyl (C=O) groups excluding carboxylic acids is 1. The zero-order chi connectivity index (χ0) is 15.6. The van der Waals surface area contributed by atoms with Gasteiger partial charge in [0.2, 0.25) is 0 Å². The fourth-order valence-corrected chi connectivity index (χ4v) is 3.00. The normalized spacial score (nSPS) is 10.2. The van der Waals surface area contributed by atoms with Crippen LogP contribution in [0.3, 0.4) is 0 Å².